The Morgan fingerprint density at radius 2 is 2.11 bits per heavy atom. The molecular formula is C20H26ClN3O3. The molecule has 0 aliphatic carbocycles. The summed E-state index contributed by atoms with van der Waals surface area (Å²) < 4.78 is 10.3. The van der Waals surface area contributed by atoms with Crippen LogP contribution >= 0.6 is 12.4 Å². The van der Waals surface area contributed by atoms with E-state index in [4.69, 9.17) is 4.74 Å². The number of hydrogen-bond acceptors (Lipinski definition) is 6. The molecule has 6 nitrogen and oxygen atoms in total. The number of benzene rings is 1. The molecule has 0 bridgehead atoms. The van der Waals surface area contributed by atoms with E-state index in [1.165, 1.54) is 18.2 Å². The number of hydrogen-bond donors (Lipinski definition) is 1. The van der Waals surface area contributed by atoms with Crippen molar-refractivity contribution in [3.63, 3.8) is 0 Å². The van der Waals surface area contributed by atoms with E-state index in [1.807, 2.05) is 36.5 Å². The Morgan fingerprint density at radius 3 is 2.78 bits per heavy atom. The number of carbonyl (C=O) groups excluding carboxylic acids is 1. The van der Waals surface area contributed by atoms with Crippen LogP contribution < -0.4 is 10.1 Å². The summed E-state index contributed by atoms with van der Waals surface area (Å²) in [4.78, 5) is 18.2. The Balaban J connectivity index is 0.00000261. The van der Waals surface area contributed by atoms with Crippen LogP contribution in [0.2, 0.25) is 0 Å². The average molecular weight is 392 g/mol. The van der Waals surface area contributed by atoms with Gasteiger partial charge in [-0.25, -0.2) is 4.79 Å². The summed E-state index contributed by atoms with van der Waals surface area (Å²) in [6, 6.07) is 12.3. The van der Waals surface area contributed by atoms with Gasteiger partial charge in [-0.05, 0) is 36.2 Å². The van der Waals surface area contributed by atoms with E-state index in [1.54, 1.807) is 13.1 Å². The number of nitrogens with zero attached hydrogens (tertiary/aromatic N) is 2. The molecule has 3 rings (SSSR count). The lowest BCUT2D eigenvalue weighted by atomic mass is 10.0. The van der Waals surface area contributed by atoms with Gasteiger partial charge in [-0.3, -0.25) is 9.88 Å². The molecule has 2 unspecified atom stereocenters. The highest BCUT2D eigenvalue weighted by atomic mass is 35.5. The van der Waals surface area contributed by atoms with Crippen molar-refractivity contribution in [2.75, 3.05) is 26.7 Å². The Kier molecular flexibility index (Phi) is 8.03. The van der Waals surface area contributed by atoms with Gasteiger partial charge in [0.25, 0.3) is 0 Å². The van der Waals surface area contributed by atoms with Crippen molar-refractivity contribution < 1.29 is 14.3 Å². The summed E-state index contributed by atoms with van der Waals surface area (Å²) in [5.74, 6) is 0.282. The Bertz CT molecular complexity index is 712. The first kappa shape index (κ1) is 21.2. The molecule has 2 heterocycles. The van der Waals surface area contributed by atoms with Crippen LogP contribution in [-0.2, 0) is 16.1 Å². The maximum absolute atomic E-state index is 11.5. The van der Waals surface area contributed by atoms with Gasteiger partial charge >= 0.3 is 5.97 Å². The first-order valence-electron chi connectivity index (χ1n) is 8.85. The predicted molar refractivity (Wildman–Crippen MR) is 106 cm³/mol. The summed E-state index contributed by atoms with van der Waals surface area (Å²) in [5.41, 5.74) is 2.44. The highest BCUT2D eigenvalue weighted by Gasteiger charge is 2.24. The van der Waals surface area contributed by atoms with Crippen molar-refractivity contribution in [2.45, 2.75) is 25.6 Å². The van der Waals surface area contributed by atoms with E-state index in [0.29, 0.717) is 11.8 Å². The molecule has 1 fully saturated rings. The molecule has 1 aliphatic rings. The fourth-order valence-electron chi connectivity index (χ4n) is 3.16. The second-order valence-electron chi connectivity index (χ2n) is 6.40. The molecule has 1 aromatic heterocycles. The van der Waals surface area contributed by atoms with Gasteiger partial charge in [0.1, 0.15) is 5.75 Å². The number of ether oxygens (including phenoxy) is 2. The lowest BCUT2D eigenvalue weighted by Crippen LogP contribution is -2.45. The van der Waals surface area contributed by atoms with E-state index in [-0.39, 0.29) is 18.4 Å². The summed E-state index contributed by atoms with van der Waals surface area (Å²) in [6.07, 6.45) is 3.13. The topological polar surface area (TPSA) is 63.7 Å². The van der Waals surface area contributed by atoms with E-state index < -0.39 is 6.10 Å². The standard InChI is InChI=1S/C20H25N3O3.ClH/c1-15(20(24)25-2)26-18-7-5-16(6-8-18)14-23-11-10-22-13-19(23)17-4-3-9-21-12-17;/h3-9,12,15,19,22H,10-11,13-14H2,1-2H3;1H. The van der Waals surface area contributed by atoms with Gasteiger partial charge < -0.3 is 14.8 Å². The maximum Gasteiger partial charge on any atom is 0.346 e. The molecule has 2 atom stereocenters. The third-order valence-electron chi connectivity index (χ3n) is 4.58. The second kappa shape index (κ2) is 10.3. The summed E-state index contributed by atoms with van der Waals surface area (Å²) in [5, 5.41) is 3.46. The molecule has 27 heavy (non-hydrogen) atoms. The average Bonchev–Trinajstić information content (AvgIpc) is 2.70. The molecule has 0 amide bonds. The first-order chi connectivity index (χ1) is 12.7. The number of esters is 1. The Morgan fingerprint density at radius 1 is 1.33 bits per heavy atom. The third kappa shape index (κ3) is 5.66. The van der Waals surface area contributed by atoms with Crippen molar-refractivity contribution in [1.82, 2.24) is 15.2 Å². The molecule has 1 aromatic carbocycles. The number of pyridine rings is 1. The second-order valence-corrected chi connectivity index (χ2v) is 6.40. The maximum atomic E-state index is 11.5. The highest BCUT2D eigenvalue weighted by molar-refractivity contribution is 5.85. The van der Waals surface area contributed by atoms with Crippen LogP contribution in [0.15, 0.2) is 48.8 Å². The fourth-order valence-corrected chi connectivity index (χ4v) is 3.16. The predicted octanol–water partition coefficient (Wildman–Crippen LogP) is 2.59. The molecular weight excluding hydrogens is 366 g/mol. The molecule has 1 aliphatic heterocycles. The zero-order chi connectivity index (χ0) is 18.4. The number of aromatic nitrogens is 1. The summed E-state index contributed by atoms with van der Waals surface area (Å²) in [7, 11) is 1.36. The van der Waals surface area contributed by atoms with Gasteiger partial charge in [0.15, 0.2) is 6.10 Å². The number of halogens is 1. The minimum atomic E-state index is -0.617. The number of piperazine rings is 1. The molecule has 0 radical (unpaired) electrons. The lowest BCUT2D eigenvalue weighted by molar-refractivity contribution is -0.147. The molecule has 2 aromatic rings. The van der Waals surface area contributed by atoms with E-state index in [0.717, 1.165) is 26.2 Å². The van der Waals surface area contributed by atoms with Gasteiger partial charge in [0, 0.05) is 44.6 Å². The van der Waals surface area contributed by atoms with Crippen LogP contribution in [0.25, 0.3) is 0 Å². The summed E-state index contributed by atoms with van der Waals surface area (Å²) in [6.45, 7) is 5.42. The first-order valence-corrected chi connectivity index (χ1v) is 8.85. The van der Waals surface area contributed by atoms with Crippen LogP contribution in [0, 0.1) is 0 Å². The van der Waals surface area contributed by atoms with Gasteiger partial charge in [0.2, 0.25) is 0 Å². The van der Waals surface area contributed by atoms with Crippen LogP contribution in [0.4, 0.5) is 0 Å². The molecule has 1 N–H and O–H groups in total. The van der Waals surface area contributed by atoms with Crippen LogP contribution in [0.1, 0.15) is 24.1 Å². The molecule has 0 saturated carbocycles. The van der Waals surface area contributed by atoms with Gasteiger partial charge in [-0.2, -0.15) is 0 Å². The quantitative estimate of drug-likeness (QED) is 0.763. The minimum Gasteiger partial charge on any atom is -0.479 e. The van der Waals surface area contributed by atoms with Crippen molar-refractivity contribution in [2.24, 2.45) is 0 Å². The van der Waals surface area contributed by atoms with Crippen molar-refractivity contribution in [3.05, 3.63) is 59.9 Å². The fraction of sp³-hybridized carbons (Fsp3) is 0.400. The van der Waals surface area contributed by atoms with E-state index >= 15 is 0 Å². The lowest BCUT2D eigenvalue weighted by Gasteiger charge is -2.36. The Labute approximate surface area is 166 Å². The molecule has 1 saturated heterocycles. The largest absolute Gasteiger partial charge is 0.479 e. The minimum absolute atomic E-state index is 0. The van der Waals surface area contributed by atoms with Crippen molar-refractivity contribution >= 4 is 18.4 Å². The zero-order valence-corrected chi connectivity index (χ0v) is 16.4. The number of carbonyl (C=O) groups is 1. The Hall–Kier alpha value is -2.15. The van der Waals surface area contributed by atoms with Crippen molar-refractivity contribution in [1.29, 1.82) is 0 Å². The number of methoxy groups -OCH3 is 1. The number of rotatable bonds is 6. The number of nitrogens with one attached hydrogen (secondary N) is 1. The van der Waals surface area contributed by atoms with Gasteiger partial charge in [0.05, 0.1) is 7.11 Å². The van der Waals surface area contributed by atoms with E-state index in [2.05, 4.69) is 26.0 Å². The van der Waals surface area contributed by atoms with Crippen LogP contribution in [0.5, 0.6) is 5.75 Å². The van der Waals surface area contributed by atoms with Crippen LogP contribution in [-0.4, -0.2) is 48.7 Å². The van der Waals surface area contributed by atoms with Gasteiger partial charge in [-0.15, -0.1) is 12.4 Å². The zero-order valence-electron chi connectivity index (χ0n) is 15.6. The smallest absolute Gasteiger partial charge is 0.346 e. The molecule has 146 valence electrons. The van der Waals surface area contributed by atoms with E-state index in [9.17, 15) is 4.79 Å². The van der Waals surface area contributed by atoms with Crippen molar-refractivity contribution in [3.8, 4) is 5.75 Å². The summed E-state index contributed by atoms with van der Waals surface area (Å²) >= 11 is 0. The molecule has 7 heteroatoms. The third-order valence-corrected chi connectivity index (χ3v) is 4.58. The van der Waals surface area contributed by atoms with Gasteiger partial charge in [-0.1, -0.05) is 18.2 Å². The highest BCUT2D eigenvalue weighted by Crippen LogP contribution is 2.24. The monoisotopic (exact) mass is 391 g/mol. The SMILES string of the molecule is COC(=O)C(C)Oc1ccc(CN2CCNCC2c2cccnc2)cc1.Cl. The normalized spacial score (nSPS) is 18.2. The molecule has 0 spiro atoms. The van der Waals surface area contributed by atoms with Crippen LogP contribution in [0.3, 0.4) is 0 Å².